The van der Waals surface area contributed by atoms with Gasteiger partial charge in [0.2, 0.25) is 0 Å². The van der Waals surface area contributed by atoms with E-state index in [1.54, 1.807) is 25.1 Å². The Labute approximate surface area is 206 Å². The lowest BCUT2D eigenvalue weighted by Gasteiger charge is -2.14. The second kappa shape index (κ2) is 12.0. The van der Waals surface area contributed by atoms with E-state index in [-0.39, 0.29) is 24.6 Å². The monoisotopic (exact) mass is 534 g/mol. The zero-order chi connectivity index (χ0) is 23.8. The number of carbonyl (C=O) groups excluding carboxylic acids is 2. The lowest BCUT2D eigenvalue weighted by molar-refractivity contribution is -0.145. The second-order valence-corrected chi connectivity index (χ2v) is 9.02. The third-order valence-electron chi connectivity index (χ3n) is 4.69. The molecule has 0 unspecified atom stereocenters. The number of ether oxygens (including phenoxy) is 3. The minimum absolute atomic E-state index is 0.157. The first-order valence-electron chi connectivity index (χ1n) is 10.7. The second-order valence-electron chi connectivity index (χ2n) is 7.02. The Balaban J connectivity index is 1.74. The highest BCUT2D eigenvalue weighted by atomic mass is 79.9. The van der Waals surface area contributed by atoms with Crippen molar-refractivity contribution < 1.29 is 23.8 Å². The molecule has 176 valence electrons. The van der Waals surface area contributed by atoms with Gasteiger partial charge in [-0.25, -0.2) is 4.79 Å². The lowest BCUT2D eigenvalue weighted by Crippen LogP contribution is -2.30. The molecule has 3 rings (SSSR count). The molecule has 0 aromatic heterocycles. The van der Waals surface area contributed by atoms with Crippen molar-refractivity contribution in [2.75, 3.05) is 25.1 Å². The molecule has 9 heteroatoms. The first-order valence-corrected chi connectivity index (χ1v) is 12.4. The standard InChI is InChI=1S/C24H27BrN2O5S/c1-4-15-7-9-17(10-8-15)26-24-27-23(29)21(33-24)12-16-11-19(30-5-2)20(13-18(16)25)32-14-22(28)31-6-3/h7-13,24,26H,4-6,14H2,1-3H3,(H,27,29)/b21-12-/t24-/m1/s1. The van der Waals surface area contributed by atoms with Crippen LogP contribution in [-0.4, -0.2) is 37.2 Å². The van der Waals surface area contributed by atoms with Gasteiger partial charge in [0.1, 0.15) is 0 Å². The van der Waals surface area contributed by atoms with Crippen LogP contribution in [-0.2, 0) is 20.7 Å². The molecule has 33 heavy (non-hydrogen) atoms. The van der Waals surface area contributed by atoms with Gasteiger partial charge >= 0.3 is 5.97 Å². The van der Waals surface area contributed by atoms with Gasteiger partial charge in [0.05, 0.1) is 18.1 Å². The number of amides is 1. The van der Waals surface area contributed by atoms with Crippen molar-refractivity contribution in [1.29, 1.82) is 0 Å². The molecule has 0 bridgehead atoms. The van der Waals surface area contributed by atoms with E-state index >= 15 is 0 Å². The molecule has 0 radical (unpaired) electrons. The Kier molecular flexibility index (Phi) is 9.08. The Morgan fingerprint density at radius 2 is 1.85 bits per heavy atom. The molecule has 0 spiro atoms. The van der Waals surface area contributed by atoms with Crippen molar-refractivity contribution in [3.05, 3.63) is 56.9 Å². The number of benzene rings is 2. The number of thioether (sulfide) groups is 1. The summed E-state index contributed by atoms with van der Waals surface area (Å²) in [4.78, 5) is 24.8. The quantitative estimate of drug-likeness (QED) is 0.329. The minimum Gasteiger partial charge on any atom is -0.490 e. The van der Waals surface area contributed by atoms with Crippen molar-refractivity contribution in [2.24, 2.45) is 0 Å². The lowest BCUT2D eigenvalue weighted by atomic mass is 10.1. The molecule has 2 aromatic carbocycles. The summed E-state index contributed by atoms with van der Waals surface area (Å²) in [5.74, 6) is 0.280. The summed E-state index contributed by atoms with van der Waals surface area (Å²) in [6.07, 6.45) is 2.77. The number of hydrogen-bond acceptors (Lipinski definition) is 7. The highest BCUT2D eigenvalue weighted by molar-refractivity contribution is 9.10. The Morgan fingerprint density at radius 3 is 2.52 bits per heavy atom. The highest BCUT2D eigenvalue weighted by Gasteiger charge is 2.27. The maximum atomic E-state index is 12.5. The summed E-state index contributed by atoms with van der Waals surface area (Å²) in [7, 11) is 0. The summed E-state index contributed by atoms with van der Waals surface area (Å²) in [6, 6.07) is 11.6. The van der Waals surface area contributed by atoms with Crippen LogP contribution in [0, 0.1) is 0 Å². The molecule has 2 N–H and O–H groups in total. The number of nitrogens with one attached hydrogen (secondary N) is 2. The summed E-state index contributed by atoms with van der Waals surface area (Å²) in [5.41, 5.74) is 2.68. The van der Waals surface area contributed by atoms with E-state index in [1.165, 1.54) is 17.3 Å². The Hall–Kier alpha value is -2.65. The van der Waals surface area contributed by atoms with Crippen molar-refractivity contribution in [2.45, 2.75) is 32.7 Å². The molecule has 1 fully saturated rings. The zero-order valence-electron chi connectivity index (χ0n) is 18.8. The fraction of sp³-hybridized carbons (Fsp3) is 0.333. The van der Waals surface area contributed by atoms with Gasteiger partial charge in [-0.05, 0) is 61.7 Å². The summed E-state index contributed by atoms with van der Waals surface area (Å²) in [6.45, 7) is 6.20. The van der Waals surface area contributed by atoms with Crippen LogP contribution in [0.15, 0.2) is 45.8 Å². The van der Waals surface area contributed by atoms with Crippen LogP contribution in [0.1, 0.15) is 31.9 Å². The number of hydrogen-bond donors (Lipinski definition) is 2. The number of anilines is 1. The molecule has 1 aliphatic heterocycles. The van der Waals surface area contributed by atoms with E-state index in [1.807, 2.05) is 19.1 Å². The fourth-order valence-corrected chi connectivity index (χ4v) is 4.49. The van der Waals surface area contributed by atoms with Crippen molar-refractivity contribution in [3.63, 3.8) is 0 Å². The Morgan fingerprint density at radius 1 is 1.12 bits per heavy atom. The molecule has 0 aliphatic carbocycles. The molecule has 1 heterocycles. The predicted octanol–water partition coefficient (Wildman–Crippen LogP) is 4.95. The number of aryl methyl sites for hydroxylation is 1. The Bertz CT molecular complexity index is 1030. The van der Waals surface area contributed by atoms with E-state index < -0.39 is 5.97 Å². The minimum atomic E-state index is -0.454. The summed E-state index contributed by atoms with van der Waals surface area (Å²) >= 11 is 4.93. The van der Waals surface area contributed by atoms with E-state index in [9.17, 15) is 9.59 Å². The smallest absolute Gasteiger partial charge is 0.344 e. The molecule has 7 nitrogen and oxygen atoms in total. The van der Waals surface area contributed by atoms with Gasteiger partial charge in [-0.15, -0.1) is 0 Å². The zero-order valence-corrected chi connectivity index (χ0v) is 21.2. The maximum absolute atomic E-state index is 12.5. The van der Waals surface area contributed by atoms with Crippen LogP contribution in [0.25, 0.3) is 6.08 Å². The van der Waals surface area contributed by atoms with Crippen LogP contribution in [0.2, 0.25) is 0 Å². The largest absolute Gasteiger partial charge is 0.490 e. The van der Waals surface area contributed by atoms with Crippen LogP contribution in [0.3, 0.4) is 0 Å². The number of carbonyl (C=O) groups is 2. The normalized spacial score (nSPS) is 16.4. The van der Waals surface area contributed by atoms with Crippen LogP contribution in [0.5, 0.6) is 11.5 Å². The third-order valence-corrected chi connectivity index (χ3v) is 6.41. The molecular weight excluding hydrogens is 508 g/mol. The van der Waals surface area contributed by atoms with Gasteiger partial charge < -0.3 is 24.8 Å². The fourth-order valence-electron chi connectivity index (χ4n) is 3.08. The molecule has 0 saturated carbocycles. The average Bonchev–Trinajstić information content (AvgIpc) is 3.14. The number of halogens is 1. The first-order chi connectivity index (χ1) is 15.9. The van der Waals surface area contributed by atoms with E-state index in [0.29, 0.717) is 27.5 Å². The summed E-state index contributed by atoms with van der Waals surface area (Å²) < 4.78 is 16.9. The van der Waals surface area contributed by atoms with E-state index in [2.05, 4.69) is 45.6 Å². The van der Waals surface area contributed by atoms with Gasteiger partial charge in [0.25, 0.3) is 5.91 Å². The molecule has 1 atom stereocenters. The van der Waals surface area contributed by atoms with Crippen LogP contribution < -0.4 is 20.1 Å². The van der Waals surface area contributed by atoms with E-state index in [0.717, 1.165) is 17.7 Å². The number of rotatable bonds is 10. The van der Waals surface area contributed by atoms with Crippen LogP contribution >= 0.6 is 27.7 Å². The molecule has 1 amide bonds. The number of esters is 1. The molecular formula is C24H27BrN2O5S. The molecule has 1 aliphatic rings. The summed E-state index contributed by atoms with van der Waals surface area (Å²) in [5, 5.41) is 6.26. The van der Waals surface area contributed by atoms with E-state index in [4.69, 9.17) is 14.2 Å². The third kappa shape index (κ3) is 6.91. The van der Waals surface area contributed by atoms with Crippen molar-refractivity contribution in [3.8, 4) is 11.5 Å². The first kappa shape index (κ1) is 25.0. The van der Waals surface area contributed by atoms with Gasteiger partial charge in [0, 0.05) is 10.2 Å². The molecule has 2 aromatic rings. The predicted molar refractivity (Wildman–Crippen MR) is 134 cm³/mol. The maximum Gasteiger partial charge on any atom is 0.344 e. The van der Waals surface area contributed by atoms with Gasteiger partial charge in [-0.2, -0.15) is 0 Å². The van der Waals surface area contributed by atoms with Crippen molar-refractivity contribution >= 4 is 51.3 Å². The van der Waals surface area contributed by atoms with Gasteiger partial charge in [-0.3, -0.25) is 4.79 Å². The van der Waals surface area contributed by atoms with Crippen molar-refractivity contribution in [1.82, 2.24) is 5.32 Å². The van der Waals surface area contributed by atoms with Crippen LogP contribution in [0.4, 0.5) is 5.69 Å². The van der Waals surface area contributed by atoms with Gasteiger partial charge in [-0.1, -0.05) is 46.7 Å². The average molecular weight is 535 g/mol. The highest BCUT2D eigenvalue weighted by Crippen LogP contribution is 2.37. The topological polar surface area (TPSA) is 85.9 Å². The molecule has 1 saturated heterocycles. The van der Waals surface area contributed by atoms with Gasteiger partial charge in [0.15, 0.2) is 23.6 Å². The SMILES string of the molecule is CCOC(=O)COc1cc(Br)c(/C=C2\S[C@H](Nc3ccc(CC)cc3)NC2=O)cc1OCC.